The van der Waals surface area contributed by atoms with Gasteiger partial charge in [-0.25, -0.2) is 0 Å². The molecule has 0 unspecified atom stereocenters. The maximum atomic E-state index is 11.6. The first-order chi connectivity index (χ1) is 10.6. The molecule has 114 valence electrons. The van der Waals surface area contributed by atoms with Crippen LogP contribution in [0, 0.1) is 5.92 Å². The first kappa shape index (κ1) is 15.3. The highest BCUT2D eigenvalue weighted by atomic mass is 79.9. The highest BCUT2D eigenvalue weighted by Gasteiger charge is 2.38. The van der Waals surface area contributed by atoms with Crippen LogP contribution in [0.5, 0.6) is 0 Å². The summed E-state index contributed by atoms with van der Waals surface area (Å²) >= 11 is 3.43. The van der Waals surface area contributed by atoms with E-state index < -0.39 is 5.97 Å². The predicted molar refractivity (Wildman–Crippen MR) is 89.7 cm³/mol. The standard InChI is InChI=1S/C18H18BrNO2/c19-15-8-6-14(7-9-15)16-11-20(12-17(16)18(21)22)10-13-4-2-1-3-5-13/h1-9,16-17H,10-12H2,(H,21,22)/t16-,17+/m0/s1. The molecule has 0 aromatic heterocycles. The number of carboxylic acids is 1. The predicted octanol–water partition coefficient (Wildman–Crippen LogP) is 3.75. The Labute approximate surface area is 138 Å². The summed E-state index contributed by atoms with van der Waals surface area (Å²) in [4.78, 5) is 13.9. The van der Waals surface area contributed by atoms with Gasteiger partial charge in [-0.2, -0.15) is 0 Å². The van der Waals surface area contributed by atoms with Gasteiger partial charge in [0.05, 0.1) is 5.92 Å². The fourth-order valence-electron chi connectivity index (χ4n) is 3.15. The summed E-state index contributed by atoms with van der Waals surface area (Å²) in [6.07, 6.45) is 0. The molecular formula is C18H18BrNO2. The lowest BCUT2D eigenvalue weighted by Crippen LogP contribution is -2.23. The van der Waals surface area contributed by atoms with Crippen molar-refractivity contribution in [1.82, 2.24) is 4.90 Å². The molecule has 1 fully saturated rings. The third kappa shape index (κ3) is 3.39. The Bertz CT molecular complexity index is 642. The van der Waals surface area contributed by atoms with E-state index in [9.17, 15) is 9.90 Å². The van der Waals surface area contributed by atoms with Gasteiger partial charge >= 0.3 is 5.97 Å². The zero-order valence-corrected chi connectivity index (χ0v) is 13.7. The number of aliphatic carboxylic acids is 1. The lowest BCUT2D eigenvalue weighted by atomic mass is 9.89. The molecule has 0 bridgehead atoms. The summed E-state index contributed by atoms with van der Waals surface area (Å²) in [6, 6.07) is 18.2. The number of likely N-dealkylation sites (tertiary alicyclic amines) is 1. The van der Waals surface area contributed by atoms with Crippen molar-refractivity contribution >= 4 is 21.9 Å². The van der Waals surface area contributed by atoms with Gasteiger partial charge in [-0.3, -0.25) is 9.69 Å². The van der Waals surface area contributed by atoms with E-state index in [2.05, 4.69) is 33.0 Å². The van der Waals surface area contributed by atoms with E-state index in [1.807, 2.05) is 42.5 Å². The molecule has 4 heteroatoms. The number of rotatable bonds is 4. The van der Waals surface area contributed by atoms with Gasteiger partial charge in [0.1, 0.15) is 0 Å². The van der Waals surface area contributed by atoms with Crippen LogP contribution in [0.25, 0.3) is 0 Å². The third-order valence-electron chi connectivity index (χ3n) is 4.26. The van der Waals surface area contributed by atoms with E-state index in [1.54, 1.807) is 0 Å². The third-order valence-corrected chi connectivity index (χ3v) is 4.79. The minimum Gasteiger partial charge on any atom is -0.481 e. The number of carbonyl (C=O) groups is 1. The number of halogens is 1. The van der Waals surface area contributed by atoms with E-state index in [0.717, 1.165) is 23.1 Å². The molecule has 1 saturated heterocycles. The largest absolute Gasteiger partial charge is 0.481 e. The molecule has 2 atom stereocenters. The number of nitrogens with zero attached hydrogens (tertiary/aromatic N) is 1. The van der Waals surface area contributed by atoms with E-state index in [-0.39, 0.29) is 11.8 Å². The van der Waals surface area contributed by atoms with E-state index in [4.69, 9.17) is 0 Å². The Balaban J connectivity index is 1.77. The Morgan fingerprint density at radius 1 is 1.09 bits per heavy atom. The Kier molecular flexibility index (Phi) is 4.60. The first-order valence-corrected chi connectivity index (χ1v) is 8.17. The molecule has 0 spiro atoms. The van der Waals surface area contributed by atoms with Gasteiger partial charge < -0.3 is 5.11 Å². The summed E-state index contributed by atoms with van der Waals surface area (Å²) in [6.45, 7) is 2.19. The molecule has 1 aliphatic heterocycles. The van der Waals surface area contributed by atoms with Crippen molar-refractivity contribution in [2.75, 3.05) is 13.1 Å². The Morgan fingerprint density at radius 3 is 2.41 bits per heavy atom. The molecule has 0 saturated carbocycles. The molecule has 2 aromatic rings. The van der Waals surface area contributed by atoms with Crippen LogP contribution in [-0.2, 0) is 11.3 Å². The number of benzene rings is 2. The topological polar surface area (TPSA) is 40.5 Å². The summed E-state index contributed by atoms with van der Waals surface area (Å²) in [5.74, 6) is -0.998. The lowest BCUT2D eigenvalue weighted by Gasteiger charge is -2.16. The van der Waals surface area contributed by atoms with Crippen LogP contribution in [0.3, 0.4) is 0 Å². The van der Waals surface area contributed by atoms with Crippen molar-refractivity contribution in [2.24, 2.45) is 5.92 Å². The second kappa shape index (κ2) is 6.63. The maximum absolute atomic E-state index is 11.6. The Hall–Kier alpha value is -1.65. The molecular weight excluding hydrogens is 342 g/mol. The van der Waals surface area contributed by atoms with Gasteiger partial charge in [0.25, 0.3) is 0 Å². The van der Waals surface area contributed by atoms with Gasteiger partial charge in [-0.15, -0.1) is 0 Å². The monoisotopic (exact) mass is 359 g/mol. The van der Waals surface area contributed by atoms with Crippen LogP contribution in [0.4, 0.5) is 0 Å². The normalized spacial score (nSPS) is 21.9. The van der Waals surface area contributed by atoms with Gasteiger partial charge in [0, 0.05) is 30.0 Å². The van der Waals surface area contributed by atoms with Gasteiger partial charge in [0.2, 0.25) is 0 Å². The Morgan fingerprint density at radius 2 is 1.77 bits per heavy atom. The molecule has 0 aliphatic carbocycles. The maximum Gasteiger partial charge on any atom is 0.308 e. The summed E-state index contributed by atoms with van der Waals surface area (Å²) < 4.78 is 1.02. The average Bonchev–Trinajstić information content (AvgIpc) is 2.93. The van der Waals surface area contributed by atoms with Crippen molar-refractivity contribution in [3.63, 3.8) is 0 Å². The van der Waals surface area contributed by atoms with Crippen LogP contribution >= 0.6 is 15.9 Å². The lowest BCUT2D eigenvalue weighted by molar-refractivity contribution is -0.141. The minimum atomic E-state index is -0.705. The van der Waals surface area contributed by atoms with Crippen molar-refractivity contribution in [3.05, 3.63) is 70.2 Å². The van der Waals surface area contributed by atoms with Crippen molar-refractivity contribution in [1.29, 1.82) is 0 Å². The molecule has 22 heavy (non-hydrogen) atoms. The summed E-state index contributed by atoms with van der Waals surface area (Å²) in [5, 5.41) is 9.55. The van der Waals surface area contributed by atoms with Crippen molar-refractivity contribution < 1.29 is 9.90 Å². The minimum absolute atomic E-state index is 0.0503. The SMILES string of the molecule is O=C(O)[C@@H]1CN(Cc2ccccc2)C[C@H]1c1ccc(Br)cc1. The van der Waals surface area contributed by atoms with Crippen LogP contribution in [0.2, 0.25) is 0 Å². The molecule has 0 amide bonds. The second-order valence-electron chi connectivity index (χ2n) is 5.78. The molecule has 3 nitrogen and oxygen atoms in total. The smallest absolute Gasteiger partial charge is 0.308 e. The highest BCUT2D eigenvalue weighted by molar-refractivity contribution is 9.10. The fourth-order valence-corrected chi connectivity index (χ4v) is 3.42. The van der Waals surface area contributed by atoms with Gasteiger partial charge in [-0.05, 0) is 23.3 Å². The van der Waals surface area contributed by atoms with Crippen LogP contribution in [-0.4, -0.2) is 29.1 Å². The molecule has 3 rings (SSSR count). The zero-order chi connectivity index (χ0) is 15.5. The number of hydrogen-bond donors (Lipinski definition) is 1. The van der Waals surface area contributed by atoms with Crippen molar-refractivity contribution in [3.8, 4) is 0 Å². The van der Waals surface area contributed by atoms with Crippen LogP contribution in [0.1, 0.15) is 17.0 Å². The first-order valence-electron chi connectivity index (χ1n) is 7.38. The summed E-state index contributed by atoms with van der Waals surface area (Å²) in [7, 11) is 0. The van der Waals surface area contributed by atoms with E-state index >= 15 is 0 Å². The molecule has 1 N–H and O–H groups in total. The van der Waals surface area contributed by atoms with Gasteiger partial charge in [0.15, 0.2) is 0 Å². The molecule has 1 aliphatic rings. The van der Waals surface area contributed by atoms with Gasteiger partial charge in [-0.1, -0.05) is 58.4 Å². The fraction of sp³-hybridized carbons (Fsp3) is 0.278. The molecule has 0 radical (unpaired) electrons. The highest BCUT2D eigenvalue weighted by Crippen LogP contribution is 2.34. The van der Waals surface area contributed by atoms with Crippen LogP contribution < -0.4 is 0 Å². The van der Waals surface area contributed by atoms with Crippen molar-refractivity contribution in [2.45, 2.75) is 12.5 Å². The number of carboxylic acid groups (broad SMARTS) is 1. The quantitative estimate of drug-likeness (QED) is 0.903. The second-order valence-corrected chi connectivity index (χ2v) is 6.70. The van der Waals surface area contributed by atoms with Crippen LogP contribution in [0.15, 0.2) is 59.1 Å². The van der Waals surface area contributed by atoms with E-state index in [0.29, 0.717) is 6.54 Å². The number of hydrogen-bond acceptors (Lipinski definition) is 2. The van der Waals surface area contributed by atoms with E-state index in [1.165, 1.54) is 5.56 Å². The average molecular weight is 360 g/mol. The molecule has 2 aromatic carbocycles. The summed E-state index contributed by atoms with van der Waals surface area (Å²) in [5.41, 5.74) is 2.33. The zero-order valence-electron chi connectivity index (χ0n) is 12.2. The molecule has 1 heterocycles.